The van der Waals surface area contributed by atoms with Crippen LogP contribution in [0.2, 0.25) is 0 Å². The van der Waals surface area contributed by atoms with Crippen LogP contribution in [0, 0.1) is 0 Å². The minimum Gasteiger partial charge on any atom is -0.344 e. The lowest BCUT2D eigenvalue weighted by Gasteiger charge is -2.18. The van der Waals surface area contributed by atoms with Crippen molar-refractivity contribution in [3.05, 3.63) is 114 Å². The number of benzene rings is 4. The minimum absolute atomic E-state index is 1.04. The van der Waals surface area contributed by atoms with Gasteiger partial charge in [0.15, 0.2) is 0 Å². The molecule has 0 amide bonds. The predicted octanol–water partition coefficient (Wildman–Crippen LogP) is 7.76. The van der Waals surface area contributed by atoms with Crippen LogP contribution in [-0.2, 0) is 13.5 Å². The van der Waals surface area contributed by atoms with Crippen molar-refractivity contribution in [1.82, 2.24) is 9.13 Å². The Kier molecular flexibility index (Phi) is 3.92. The van der Waals surface area contributed by atoms with E-state index in [4.69, 9.17) is 0 Å². The van der Waals surface area contributed by atoms with E-state index < -0.39 is 0 Å². The van der Waals surface area contributed by atoms with Crippen LogP contribution in [0.5, 0.6) is 0 Å². The molecule has 0 saturated carbocycles. The molecule has 0 unspecified atom stereocenters. The SMILES string of the molecule is Cn1c2ccccc2c2cc(C3=Cc4c(n(-c5ccccc5)c5ccccc45)CC3)ccc21. The number of hydrogen-bond donors (Lipinski definition) is 0. The van der Waals surface area contributed by atoms with Gasteiger partial charge in [0, 0.05) is 51.2 Å². The summed E-state index contributed by atoms with van der Waals surface area (Å²) in [5.41, 5.74) is 10.6. The summed E-state index contributed by atoms with van der Waals surface area (Å²) < 4.78 is 4.75. The number of hydrogen-bond acceptors (Lipinski definition) is 0. The van der Waals surface area contributed by atoms with E-state index in [1.165, 1.54) is 60.8 Å². The molecule has 4 aromatic carbocycles. The summed E-state index contributed by atoms with van der Waals surface area (Å²) in [6, 6.07) is 35.2. The summed E-state index contributed by atoms with van der Waals surface area (Å²) in [6.45, 7) is 0. The molecule has 0 fully saturated rings. The summed E-state index contributed by atoms with van der Waals surface area (Å²) >= 11 is 0. The van der Waals surface area contributed by atoms with E-state index in [9.17, 15) is 0 Å². The third kappa shape index (κ3) is 2.67. The summed E-state index contributed by atoms with van der Waals surface area (Å²) in [4.78, 5) is 0. The first-order valence-electron chi connectivity index (χ1n) is 11.7. The van der Waals surface area contributed by atoms with Crippen molar-refractivity contribution in [1.29, 1.82) is 0 Å². The molecular weight excluding hydrogens is 400 g/mol. The Balaban J connectivity index is 1.44. The zero-order valence-electron chi connectivity index (χ0n) is 18.6. The number of fused-ring (bicyclic) bond motifs is 6. The Morgan fingerprint density at radius 1 is 0.606 bits per heavy atom. The van der Waals surface area contributed by atoms with Crippen LogP contribution in [0.4, 0.5) is 0 Å². The fourth-order valence-electron chi connectivity index (χ4n) is 5.69. The second kappa shape index (κ2) is 6.98. The Labute approximate surface area is 193 Å². The second-order valence-corrected chi connectivity index (χ2v) is 9.03. The zero-order chi connectivity index (χ0) is 21.9. The van der Waals surface area contributed by atoms with Crippen LogP contribution in [-0.4, -0.2) is 9.13 Å². The van der Waals surface area contributed by atoms with Crippen LogP contribution in [0.3, 0.4) is 0 Å². The molecule has 158 valence electrons. The van der Waals surface area contributed by atoms with Gasteiger partial charge in [-0.05, 0) is 66.5 Å². The first-order valence-corrected chi connectivity index (χ1v) is 11.7. The Hall–Kier alpha value is -4.04. The standard InChI is InChI=1S/C31H24N2/c1-32-28-13-7-5-11-24(28)26-19-21(15-17-29(26)32)22-16-18-31-27(20-22)25-12-6-8-14-30(25)33(31)23-9-3-2-4-10-23/h2-15,17,19-20H,16,18H2,1H3. The highest BCUT2D eigenvalue weighted by Crippen LogP contribution is 2.39. The lowest BCUT2D eigenvalue weighted by Crippen LogP contribution is -2.05. The topological polar surface area (TPSA) is 9.86 Å². The normalized spacial score (nSPS) is 13.5. The molecule has 0 saturated heterocycles. The molecule has 0 spiro atoms. The van der Waals surface area contributed by atoms with Gasteiger partial charge in [0.1, 0.15) is 0 Å². The first-order chi connectivity index (χ1) is 16.3. The number of allylic oxidation sites excluding steroid dienone is 1. The van der Waals surface area contributed by atoms with E-state index in [2.05, 4.69) is 119 Å². The van der Waals surface area contributed by atoms with E-state index in [0.717, 1.165) is 12.8 Å². The van der Waals surface area contributed by atoms with Gasteiger partial charge >= 0.3 is 0 Å². The van der Waals surface area contributed by atoms with E-state index in [0.29, 0.717) is 0 Å². The molecule has 2 aromatic heterocycles. The quantitative estimate of drug-likeness (QED) is 0.269. The van der Waals surface area contributed by atoms with Gasteiger partial charge in [-0.2, -0.15) is 0 Å². The van der Waals surface area contributed by atoms with Crippen molar-refractivity contribution in [3.63, 3.8) is 0 Å². The molecule has 0 N–H and O–H groups in total. The molecule has 2 nitrogen and oxygen atoms in total. The van der Waals surface area contributed by atoms with Crippen molar-refractivity contribution >= 4 is 44.4 Å². The van der Waals surface area contributed by atoms with Crippen molar-refractivity contribution in [2.45, 2.75) is 12.8 Å². The van der Waals surface area contributed by atoms with E-state index in [1.54, 1.807) is 0 Å². The fourth-order valence-corrected chi connectivity index (χ4v) is 5.69. The number of para-hydroxylation sites is 3. The van der Waals surface area contributed by atoms with Gasteiger partial charge in [0.2, 0.25) is 0 Å². The molecular formula is C31H24N2. The summed E-state index contributed by atoms with van der Waals surface area (Å²) in [5, 5.41) is 4.00. The molecule has 2 heteroatoms. The molecule has 2 heterocycles. The molecule has 1 aliphatic carbocycles. The maximum atomic E-state index is 2.45. The molecule has 0 aliphatic heterocycles. The fraction of sp³-hybridized carbons (Fsp3) is 0.0968. The summed E-state index contributed by atoms with van der Waals surface area (Å²) in [5.74, 6) is 0. The van der Waals surface area contributed by atoms with E-state index in [-0.39, 0.29) is 0 Å². The van der Waals surface area contributed by atoms with Crippen molar-refractivity contribution in [2.75, 3.05) is 0 Å². The van der Waals surface area contributed by atoms with Crippen molar-refractivity contribution < 1.29 is 0 Å². The third-order valence-electron chi connectivity index (χ3n) is 7.26. The van der Waals surface area contributed by atoms with Gasteiger partial charge in [-0.15, -0.1) is 0 Å². The van der Waals surface area contributed by atoms with Crippen LogP contribution in [0.15, 0.2) is 97.1 Å². The molecule has 0 atom stereocenters. The Morgan fingerprint density at radius 3 is 2.15 bits per heavy atom. The largest absolute Gasteiger partial charge is 0.344 e. The van der Waals surface area contributed by atoms with Gasteiger partial charge in [-0.3, -0.25) is 0 Å². The molecule has 0 bridgehead atoms. The van der Waals surface area contributed by atoms with Crippen molar-refractivity contribution in [3.8, 4) is 5.69 Å². The maximum absolute atomic E-state index is 2.45. The summed E-state index contributed by atoms with van der Waals surface area (Å²) in [6.07, 6.45) is 4.53. The van der Waals surface area contributed by atoms with Crippen LogP contribution < -0.4 is 0 Å². The number of nitrogens with zero attached hydrogens (tertiary/aromatic N) is 2. The lowest BCUT2D eigenvalue weighted by atomic mass is 9.90. The van der Waals surface area contributed by atoms with E-state index in [1.807, 2.05) is 0 Å². The Bertz CT molecular complexity index is 1710. The van der Waals surface area contributed by atoms with Gasteiger partial charge in [0.05, 0.1) is 5.52 Å². The van der Waals surface area contributed by atoms with Gasteiger partial charge < -0.3 is 9.13 Å². The lowest BCUT2D eigenvalue weighted by molar-refractivity contribution is 0.898. The monoisotopic (exact) mass is 424 g/mol. The number of aryl methyl sites for hydroxylation is 1. The third-order valence-corrected chi connectivity index (χ3v) is 7.26. The summed E-state index contributed by atoms with van der Waals surface area (Å²) in [7, 11) is 2.16. The molecule has 7 rings (SSSR count). The van der Waals surface area contributed by atoms with Gasteiger partial charge in [0.25, 0.3) is 0 Å². The molecule has 1 aliphatic rings. The van der Waals surface area contributed by atoms with Crippen LogP contribution in [0.25, 0.3) is 50.0 Å². The van der Waals surface area contributed by atoms with Crippen LogP contribution >= 0.6 is 0 Å². The average Bonchev–Trinajstić information content (AvgIpc) is 3.36. The highest BCUT2D eigenvalue weighted by molar-refractivity contribution is 6.09. The number of aromatic nitrogens is 2. The van der Waals surface area contributed by atoms with Crippen LogP contribution in [0.1, 0.15) is 23.2 Å². The first kappa shape index (κ1) is 18.5. The number of rotatable bonds is 2. The van der Waals surface area contributed by atoms with Gasteiger partial charge in [-0.1, -0.05) is 60.7 Å². The highest BCUT2D eigenvalue weighted by Gasteiger charge is 2.22. The second-order valence-electron chi connectivity index (χ2n) is 9.03. The zero-order valence-corrected chi connectivity index (χ0v) is 18.6. The minimum atomic E-state index is 1.04. The van der Waals surface area contributed by atoms with Crippen molar-refractivity contribution in [2.24, 2.45) is 7.05 Å². The average molecular weight is 425 g/mol. The molecule has 0 radical (unpaired) electrons. The highest BCUT2D eigenvalue weighted by atomic mass is 15.0. The maximum Gasteiger partial charge on any atom is 0.0537 e. The van der Waals surface area contributed by atoms with E-state index >= 15 is 0 Å². The molecule has 33 heavy (non-hydrogen) atoms. The van der Waals surface area contributed by atoms with Gasteiger partial charge in [-0.25, -0.2) is 0 Å². The molecule has 6 aromatic rings. The predicted molar refractivity (Wildman–Crippen MR) is 140 cm³/mol. The Morgan fingerprint density at radius 2 is 1.30 bits per heavy atom. The smallest absolute Gasteiger partial charge is 0.0537 e.